The molecule has 3 rings (SSSR count). The molecule has 0 bridgehead atoms. The second-order valence-electron chi connectivity index (χ2n) is 6.49. The summed E-state index contributed by atoms with van der Waals surface area (Å²) >= 11 is 0. The third-order valence-electron chi connectivity index (χ3n) is 4.85. The zero-order chi connectivity index (χ0) is 18.1. The number of nitrogens with one attached hydrogen (secondary N) is 1. The van der Waals surface area contributed by atoms with Crippen LogP contribution in [0.3, 0.4) is 0 Å². The summed E-state index contributed by atoms with van der Waals surface area (Å²) in [4.78, 5) is 10.1. The van der Waals surface area contributed by atoms with Crippen LogP contribution in [0.1, 0.15) is 47.0 Å². The maximum atomic E-state index is 10.1. The second-order valence-corrected chi connectivity index (χ2v) is 7.73. The van der Waals surface area contributed by atoms with Crippen LogP contribution in [-0.4, -0.2) is 15.4 Å². The van der Waals surface area contributed by atoms with Crippen LogP contribution < -0.4 is 5.19 Å². The molecule has 1 atom stereocenters. The van der Waals surface area contributed by atoms with E-state index in [0.29, 0.717) is 15.4 Å². The number of benzene rings is 1. The molecule has 0 spiro atoms. The van der Waals surface area contributed by atoms with E-state index in [-0.39, 0.29) is 33.5 Å². The van der Waals surface area contributed by atoms with Gasteiger partial charge in [0.05, 0.1) is 15.4 Å². The molecule has 0 aromatic heterocycles. The molecule has 4 heteroatoms. The first-order valence-electron chi connectivity index (χ1n) is 8.74. The average Bonchev–Trinajstić information content (AvgIpc) is 2.73. The van der Waals surface area contributed by atoms with E-state index < -0.39 is 0 Å². The van der Waals surface area contributed by atoms with Crippen molar-refractivity contribution >= 4 is 20.6 Å². The Hall–Kier alpha value is -0.899. The van der Waals surface area contributed by atoms with Crippen molar-refractivity contribution in [3.63, 3.8) is 0 Å². The van der Waals surface area contributed by atoms with Gasteiger partial charge in [-0.25, -0.2) is 5.57 Å². The SMILES string of the molecule is CC1=[C-]C(C)C(C)=C1C.C[SiH]c1ccccc1.[NH-]C(=O)C1CCC1.[Ti+2]. The Morgan fingerprint density at radius 1 is 1.16 bits per heavy atom. The first-order valence-corrected chi connectivity index (χ1v) is 10.5. The van der Waals surface area contributed by atoms with Gasteiger partial charge in [-0.15, -0.1) is 6.92 Å². The Bertz CT molecular complexity index is 591. The average molecular weight is 388 g/mol. The molecule has 25 heavy (non-hydrogen) atoms. The summed E-state index contributed by atoms with van der Waals surface area (Å²) in [7, 11) is 0.511. The van der Waals surface area contributed by atoms with Crippen LogP contribution in [0.25, 0.3) is 5.73 Å². The topological polar surface area (TPSA) is 40.9 Å². The fourth-order valence-corrected chi connectivity index (χ4v) is 3.08. The minimum absolute atomic E-state index is 0. The van der Waals surface area contributed by atoms with Crippen LogP contribution in [0.15, 0.2) is 47.1 Å². The molecule has 1 fully saturated rings. The maximum absolute atomic E-state index is 10.1. The predicted octanol–water partition coefficient (Wildman–Crippen LogP) is 4.88. The molecule has 1 N–H and O–H groups in total. The summed E-state index contributed by atoms with van der Waals surface area (Å²) in [5.74, 6) is 0.302. The van der Waals surface area contributed by atoms with Gasteiger partial charge in [0.1, 0.15) is 0 Å². The molecule has 1 saturated carbocycles. The third kappa shape index (κ3) is 8.35. The molecule has 1 radical (unpaired) electrons. The van der Waals surface area contributed by atoms with Crippen LogP contribution in [0.4, 0.5) is 0 Å². The van der Waals surface area contributed by atoms with Gasteiger partial charge < -0.3 is 10.5 Å². The molecule has 1 unspecified atom stereocenters. The monoisotopic (exact) mass is 388 g/mol. The van der Waals surface area contributed by atoms with Crippen molar-refractivity contribution in [2.75, 3.05) is 0 Å². The zero-order valence-electron chi connectivity index (χ0n) is 16.1. The van der Waals surface area contributed by atoms with Crippen molar-refractivity contribution in [1.82, 2.24) is 0 Å². The first kappa shape index (κ1) is 24.1. The summed E-state index contributed by atoms with van der Waals surface area (Å²) in [6.45, 7) is 10.9. The van der Waals surface area contributed by atoms with Crippen molar-refractivity contribution in [2.24, 2.45) is 11.8 Å². The van der Waals surface area contributed by atoms with Gasteiger partial charge in [-0.1, -0.05) is 75.2 Å². The van der Waals surface area contributed by atoms with E-state index in [1.54, 1.807) is 0 Å². The van der Waals surface area contributed by atoms with E-state index in [1.165, 1.54) is 21.9 Å². The summed E-state index contributed by atoms with van der Waals surface area (Å²) in [6.07, 6.45) is 6.43. The van der Waals surface area contributed by atoms with Crippen LogP contribution in [-0.2, 0) is 26.5 Å². The Kier molecular flexibility index (Phi) is 12.0. The van der Waals surface area contributed by atoms with Gasteiger partial charge in [0, 0.05) is 5.92 Å². The summed E-state index contributed by atoms with van der Waals surface area (Å²) in [6, 6.07) is 10.6. The van der Waals surface area contributed by atoms with Crippen LogP contribution in [0.5, 0.6) is 0 Å². The van der Waals surface area contributed by atoms with Crippen molar-refractivity contribution in [1.29, 1.82) is 0 Å². The van der Waals surface area contributed by atoms with Gasteiger partial charge in [-0.3, -0.25) is 6.08 Å². The Labute approximate surface area is 171 Å². The normalized spacial score (nSPS) is 18.6. The molecule has 0 aliphatic heterocycles. The summed E-state index contributed by atoms with van der Waals surface area (Å²) in [5.41, 5.74) is 10.8. The number of rotatable bonds is 2. The Morgan fingerprint density at radius 3 is 1.88 bits per heavy atom. The van der Waals surface area contributed by atoms with Crippen LogP contribution in [0.2, 0.25) is 6.55 Å². The number of allylic oxidation sites excluding steroid dienone is 4. The van der Waals surface area contributed by atoms with Gasteiger partial charge in [0.15, 0.2) is 0 Å². The van der Waals surface area contributed by atoms with E-state index in [0.717, 1.165) is 19.3 Å². The minimum Gasteiger partial charge on any atom is -0.668 e. The molecular formula is C21H30NOSiTi. The van der Waals surface area contributed by atoms with Crippen molar-refractivity contribution in [3.8, 4) is 0 Å². The van der Waals surface area contributed by atoms with Gasteiger partial charge in [0.2, 0.25) is 0 Å². The van der Waals surface area contributed by atoms with E-state index >= 15 is 0 Å². The zero-order valence-corrected chi connectivity index (χ0v) is 18.9. The second kappa shape index (κ2) is 12.5. The minimum atomic E-state index is -0.369. The molecule has 133 valence electrons. The number of hydrogen-bond acceptors (Lipinski definition) is 1. The number of amides is 1. The molecule has 1 amide bonds. The summed E-state index contributed by atoms with van der Waals surface area (Å²) < 4.78 is 0. The molecule has 1 aromatic rings. The molecule has 0 heterocycles. The van der Waals surface area contributed by atoms with Crippen molar-refractivity contribution in [2.45, 2.75) is 53.5 Å². The molecular weight excluding hydrogens is 358 g/mol. The molecule has 2 nitrogen and oxygen atoms in total. The van der Waals surface area contributed by atoms with Gasteiger partial charge in [-0.2, -0.15) is 11.1 Å². The van der Waals surface area contributed by atoms with E-state index in [9.17, 15) is 4.79 Å². The molecule has 2 aliphatic rings. The van der Waals surface area contributed by atoms with E-state index in [1.807, 2.05) is 0 Å². The van der Waals surface area contributed by atoms with Gasteiger partial charge in [-0.05, 0) is 12.8 Å². The Balaban J connectivity index is 0.000000341. The van der Waals surface area contributed by atoms with Crippen LogP contribution >= 0.6 is 0 Å². The predicted molar refractivity (Wildman–Crippen MR) is 106 cm³/mol. The standard InChI is InChI=1S/C9H13.C7H9Si.C5H9NO.Ti/c1-6-5-7(2)9(4)8(6)3;1-8-7-5-3-2-4-6-7;6-5(7)4-2-1-3-4;/h6H,1-4H3;2-6,8H,1H3;4H,1-3H2,(H2,6,7);/q-1;;;+2/p-1. The molecule has 0 saturated heterocycles. The Morgan fingerprint density at radius 2 is 1.72 bits per heavy atom. The third-order valence-corrected chi connectivity index (χ3v) is 5.90. The molecule has 1 aromatic carbocycles. The van der Waals surface area contributed by atoms with Gasteiger partial charge >= 0.3 is 21.7 Å². The number of carbonyl (C=O) groups excluding carboxylic acids is 1. The fraction of sp³-hybridized carbons (Fsp3) is 0.476. The fourth-order valence-electron chi connectivity index (χ4n) is 2.48. The smallest absolute Gasteiger partial charge is 0.668 e. The summed E-state index contributed by atoms with van der Waals surface area (Å²) in [5, 5.41) is 1.49. The van der Waals surface area contributed by atoms with E-state index in [4.69, 9.17) is 5.73 Å². The van der Waals surface area contributed by atoms with E-state index in [2.05, 4.69) is 70.6 Å². The number of carbonyl (C=O) groups is 1. The van der Waals surface area contributed by atoms with Crippen LogP contribution in [0, 0.1) is 17.9 Å². The number of hydrogen-bond donors (Lipinski definition) is 0. The quantitative estimate of drug-likeness (QED) is 0.526. The molecule has 2 aliphatic carbocycles. The van der Waals surface area contributed by atoms with Gasteiger partial charge in [0.25, 0.3) is 0 Å². The first-order chi connectivity index (χ1) is 11.4. The maximum Gasteiger partial charge on any atom is 2.00 e. The van der Waals surface area contributed by atoms with Crippen molar-refractivity contribution < 1.29 is 26.5 Å². The van der Waals surface area contributed by atoms with Crippen molar-refractivity contribution in [3.05, 3.63) is 58.9 Å². The largest absolute Gasteiger partial charge is 2.00 e.